The lowest BCUT2D eigenvalue weighted by molar-refractivity contribution is -0.162. The monoisotopic (exact) mass is 392 g/mol. The van der Waals surface area contributed by atoms with Crippen LogP contribution >= 0.6 is 0 Å². The fourth-order valence-electron chi connectivity index (χ4n) is 5.52. The van der Waals surface area contributed by atoms with Crippen LogP contribution in [0.2, 0.25) is 0 Å². The van der Waals surface area contributed by atoms with Crippen LogP contribution in [0.4, 0.5) is 8.78 Å². The number of likely N-dealkylation sites (tertiary alicyclic amines) is 1. The van der Waals surface area contributed by atoms with E-state index in [4.69, 9.17) is 0 Å². The summed E-state index contributed by atoms with van der Waals surface area (Å²) in [5.74, 6) is -3.98. The largest absolute Gasteiger partial charge is 0.375 e. The minimum atomic E-state index is -2.81. The molecule has 28 heavy (non-hydrogen) atoms. The van der Waals surface area contributed by atoms with Crippen molar-refractivity contribution >= 4 is 5.91 Å². The number of hydrogen-bond acceptors (Lipinski definition) is 3. The van der Waals surface area contributed by atoms with Crippen molar-refractivity contribution in [1.82, 2.24) is 10.2 Å². The molecule has 2 aliphatic heterocycles. The van der Waals surface area contributed by atoms with E-state index in [2.05, 4.69) is 12.2 Å². The molecule has 0 radical (unpaired) electrons. The molecule has 0 aromatic heterocycles. The number of alkyl halides is 2. The maximum Gasteiger partial charge on any atom is 0.259 e. The van der Waals surface area contributed by atoms with Gasteiger partial charge in [-0.05, 0) is 43.6 Å². The van der Waals surface area contributed by atoms with Crippen molar-refractivity contribution in [2.75, 3.05) is 19.6 Å². The van der Waals surface area contributed by atoms with Crippen molar-refractivity contribution in [3.63, 3.8) is 0 Å². The zero-order valence-corrected chi connectivity index (χ0v) is 16.5. The molecule has 1 aromatic carbocycles. The Morgan fingerprint density at radius 2 is 1.86 bits per heavy atom. The van der Waals surface area contributed by atoms with Gasteiger partial charge in [0.2, 0.25) is 5.92 Å². The first kappa shape index (κ1) is 19.8. The van der Waals surface area contributed by atoms with E-state index >= 15 is 0 Å². The second kappa shape index (κ2) is 7.06. The molecule has 3 unspecified atom stereocenters. The first-order chi connectivity index (χ1) is 13.2. The van der Waals surface area contributed by atoms with Gasteiger partial charge in [-0.2, -0.15) is 0 Å². The van der Waals surface area contributed by atoms with Crippen molar-refractivity contribution in [3.05, 3.63) is 35.9 Å². The molecule has 2 saturated heterocycles. The quantitative estimate of drug-likeness (QED) is 0.830. The number of piperidine rings is 1. The normalized spacial score (nSPS) is 31.1. The van der Waals surface area contributed by atoms with Crippen LogP contribution in [0.1, 0.15) is 51.0 Å². The Morgan fingerprint density at radius 1 is 1.18 bits per heavy atom. The van der Waals surface area contributed by atoms with Crippen molar-refractivity contribution in [1.29, 1.82) is 0 Å². The number of hydrogen-bond donors (Lipinski definition) is 2. The molecule has 1 aliphatic carbocycles. The number of amides is 1. The Labute approximate surface area is 165 Å². The maximum absolute atomic E-state index is 13.9. The Morgan fingerprint density at radius 3 is 2.39 bits per heavy atom. The van der Waals surface area contributed by atoms with E-state index in [1.807, 2.05) is 0 Å². The van der Waals surface area contributed by atoms with E-state index in [1.54, 1.807) is 35.2 Å². The maximum atomic E-state index is 13.9. The number of rotatable bonds is 3. The second-order valence-corrected chi connectivity index (χ2v) is 9.21. The lowest BCUT2D eigenvalue weighted by Gasteiger charge is -2.43. The topological polar surface area (TPSA) is 52.6 Å². The van der Waals surface area contributed by atoms with Gasteiger partial charge in [-0.25, -0.2) is 8.78 Å². The van der Waals surface area contributed by atoms with Gasteiger partial charge in [0, 0.05) is 44.4 Å². The van der Waals surface area contributed by atoms with Crippen molar-refractivity contribution < 1.29 is 18.7 Å². The Kier molecular flexibility index (Phi) is 4.99. The summed E-state index contributed by atoms with van der Waals surface area (Å²) in [6.07, 6.45) is 2.33. The molecule has 2 heterocycles. The number of benzene rings is 1. The number of carbonyl (C=O) groups excluding carboxylic acids is 1. The van der Waals surface area contributed by atoms with E-state index < -0.39 is 29.8 Å². The van der Waals surface area contributed by atoms with E-state index in [1.165, 1.54) is 0 Å². The van der Waals surface area contributed by atoms with E-state index in [0.29, 0.717) is 24.7 Å². The van der Waals surface area contributed by atoms with Crippen LogP contribution in [0.3, 0.4) is 0 Å². The first-order valence-electron chi connectivity index (χ1n) is 10.4. The van der Waals surface area contributed by atoms with E-state index in [0.717, 1.165) is 25.8 Å². The summed E-state index contributed by atoms with van der Waals surface area (Å²) in [5.41, 5.74) is -1.23. The number of nitrogens with one attached hydrogen (secondary N) is 1. The minimum Gasteiger partial charge on any atom is -0.375 e. The summed E-state index contributed by atoms with van der Waals surface area (Å²) < 4.78 is 27.9. The van der Waals surface area contributed by atoms with Crippen molar-refractivity contribution in [3.8, 4) is 0 Å². The van der Waals surface area contributed by atoms with Crippen LogP contribution in [-0.2, 0) is 10.4 Å². The summed E-state index contributed by atoms with van der Waals surface area (Å²) in [6, 6.07) is 9.15. The molecule has 3 atom stereocenters. The molecule has 1 spiro atoms. The van der Waals surface area contributed by atoms with Gasteiger partial charge in [-0.3, -0.25) is 4.79 Å². The lowest BCUT2D eigenvalue weighted by Crippen LogP contribution is -2.54. The molecule has 3 fully saturated rings. The third kappa shape index (κ3) is 3.45. The Balaban J connectivity index is 1.56. The zero-order valence-electron chi connectivity index (χ0n) is 16.5. The van der Waals surface area contributed by atoms with Gasteiger partial charge in [0.05, 0.1) is 0 Å². The predicted octanol–water partition coefficient (Wildman–Crippen LogP) is 3.30. The number of nitrogens with zero attached hydrogens (tertiary/aromatic N) is 1. The van der Waals surface area contributed by atoms with Gasteiger partial charge in [0.1, 0.15) is 0 Å². The minimum absolute atomic E-state index is 0.156. The molecule has 3 aliphatic rings. The van der Waals surface area contributed by atoms with Crippen molar-refractivity contribution in [2.24, 2.45) is 11.3 Å². The highest BCUT2D eigenvalue weighted by Crippen LogP contribution is 2.49. The zero-order chi connectivity index (χ0) is 20.0. The SMILES string of the molecule is CC1CC2(CCN(C(=O)C(O)(c3ccccc3)C3CCC(F)(F)C3)CC2)CN1. The standard InChI is InChI=1S/C22H30F2N2O2/c1-16-13-20(15-25-16)9-11-26(12-10-20)19(27)22(28,17-5-3-2-4-6-17)18-7-8-21(23,24)14-18/h2-6,16,18,25,28H,7-15H2,1H3. The highest BCUT2D eigenvalue weighted by molar-refractivity contribution is 5.87. The fourth-order valence-corrected chi connectivity index (χ4v) is 5.52. The van der Waals surface area contributed by atoms with Gasteiger partial charge in [-0.15, -0.1) is 0 Å². The first-order valence-corrected chi connectivity index (χ1v) is 10.4. The Hall–Kier alpha value is -1.53. The number of halogens is 2. The second-order valence-electron chi connectivity index (χ2n) is 9.21. The molecule has 1 amide bonds. The van der Waals surface area contributed by atoms with Gasteiger partial charge in [-0.1, -0.05) is 30.3 Å². The van der Waals surface area contributed by atoms with Crippen LogP contribution in [-0.4, -0.2) is 47.5 Å². The van der Waals surface area contributed by atoms with Crippen LogP contribution in [0.25, 0.3) is 0 Å². The van der Waals surface area contributed by atoms with Gasteiger partial charge >= 0.3 is 0 Å². The van der Waals surface area contributed by atoms with E-state index in [9.17, 15) is 18.7 Å². The van der Waals surface area contributed by atoms with Gasteiger partial charge < -0.3 is 15.3 Å². The van der Waals surface area contributed by atoms with Gasteiger partial charge in [0.25, 0.3) is 5.91 Å². The highest BCUT2D eigenvalue weighted by atomic mass is 19.3. The lowest BCUT2D eigenvalue weighted by atomic mass is 9.75. The summed E-state index contributed by atoms with van der Waals surface area (Å²) in [4.78, 5) is 15.2. The average molecular weight is 392 g/mol. The third-order valence-corrected chi connectivity index (χ3v) is 7.21. The van der Waals surface area contributed by atoms with Crippen LogP contribution < -0.4 is 5.32 Å². The summed E-state index contributed by atoms with van der Waals surface area (Å²) in [7, 11) is 0. The molecular formula is C22H30F2N2O2. The number of carbonyl (C=O) groups is 1. The molecule has 1 aromatic rings. The predicted molar refractivity (Wildman–Crippen MR) is 103 cm³/mol. The molecule has 154 valence electrons. The van der Waals surface area contributed by atoms with Crippen molar-refractivity contribution in [2.45, 2.75) is 63.0 Å². The highest BCUT2D eigenvalue weighted by Gasteiger charge is 2.55. The molecule has 0 bridgehead atoms. The van der Waals surface area contributed by atoms with Crippen LogP contribution in [0.5, 0.6) is 0 Å². The average Bonchev–Trinajstić information content (AvgIpc) is 3.24. The summed E-state index contributed by atoms with van der Waals surface area (Å²) in [5, 5.41) is 15.1. The number of aliphatic hydroxyl groups is 1. The van der Waals surface area contributed by atoms with E-state index in [-0.39, 0.29) is 18.3 Å². The van der Waals surface area contributed by atoms with Crippen LogP contribution in [0, 0.1) is 11.3 Å². The molecule has 4 nitrogen and oxygen atoms in total. The fraction of sp³-hybridized carbons (Fsp3) is 0.682. The summed E-state index contributed by atoms with van der Waals surface area (Å²) >= 11 is 0. The summed E-state index contributed by atoms with van der Waals surface area (Å²) in [6.45, 7) is 4.30. The van der Waals surface area contributed by atoms with Gasteiger partial charge in [0.15, 0.2) is 5.60 Å². The van der Waals surface area contributed by atoms with Crippen LogP contribution in [0.15, 0.2) is 30.3 Å². The molecule has 6 heteroatoms. The molecule has 1 saturated carbocycles. The molecule has 4 rings (SSSR count). The smallest absolute Gasteiger partial charge is 0.259 e. The molecular weight excluding hydrogens is 362 g/mol. The third-order valence-electron chi connectivity index (χ3n) is 7.21. The molecule has 2 N–H and O–H groups in total. The Bertz CT molecular complexity index is 719.